The second-order valence-electron chi connectivity index (χ2n) is 4.98. The molecule has 0 bridgehead atoms. The molecular weight excluding hydrogens is 202 g/mol. The van der Waals surface area contributed by atoms with Crippen molar-refractivity contribution < 1.29 is 9.84 Å². The van der Waals surface area contributed by atoms with Crippen LogP contribution in [0, 0.1) is 0 Å². The van der Waals surface area contributed by atoms with Gasteiger partial charge in [-0.1, -0.05) is 12.5 Å². The lowest BCUT2D eigenvalue weighted by molar-refractivity contribution is 0.0382. The standard InChI is InChI=1S/C13H23NO2/c1-11(15)13-6-2-3-7-14(13)9-12-5-4-8-16-10-12/h5,11,13,15H,2-4,6-10H2,1H3. The smallest absolute Gasteiger partial charge is 0.0689 e. The third-order valence-corrected chi connectivity index (χ3v) is 3.61. The molecule has 0 saturated carbocycles. The summed E-state index contributed by atoms with van der Waals surface area (Å²) >= 11 is 0. The molecule has 0 aromatic rings. The summed E-state index contributed by atoms with van der Waals surface area (Å²) in [7, 11) is 0. The minimum atomic E-state index is -0.217. The van der Waals surface area contributed by atoms with E-state index in [4.69, 9.17) is 4.74 Å². The van der Waals surface area contributed by atoms with E-state index in [0.29, 0.717) is 6.04 Å². The van der Waals surface area contributed by atoms with Gasteiger partial charge in [0.05, 0.1) is 19.3 Å². The lowest BCUT2D eigenvalue weighted by atomic mass is 9.97. The first-order chi connectivity index (χ1) is 7.77. The normalized spacial score (nSPS) is 29.9. The summed E-state index contributed by atoms with van der Waals surface area (Å²) in [4.78, 5) is 2.43. The van der Waals surface area contributed by atoms with E-state index >= 15 is 0 Å². The summed E-state index contributed by atoms with van der Waals surface area (Å²) in [5.74, 6) is 0. The molecule has 2 unspecified atom stereocenters. The van der Waals surface area contributed by atoms with Gasteiger partial charge in [0.15, 0.2) is 0 Å². The Morgan fingerprint density at radius 2 is 2.44 bits per heavy atom. The predicted molar refractivity (Wildman–Crippen MR) is 64.4 cm³/mol. The maximum atomic E-state index is 9.78. The second kappa shape index (κ2) is 5.80. The molecule has 2 heterocycles. The quantitative estimate of drug-likeness (QED) is 0.740. The van der Waals surface area contributed by atoms with Crippen molar-refractivity contribution in [2.45, 2.75) is 44.8 Å². The SMILES string of the molecule is CC(O)C1CCCCN1CC1=CCCOC1. The summed E-state index contributed by atoms with van der Waals surface area (Å²) in [5, 5.41) is 9.78. The van der Waals surface area contributed by atoms with Gasteiger partial charge in [-0.25, -0.2) is 0 Å². The summed E-state index contributed by atoms with van der Waals surface area (Å²) in [5.41, 5.74) is 1.39. The van der Waals surface area contributed by atoms with Crippen LogP contribution >= 0.6 is 0 Å². The van der Waals surface area contributed by atoms with E-state index in [-0.39, 0.29) is 6.10 Å². The summed E-state index contributed by atoms with van der Waals surface area (Å²) in [6.45, 7) is 5.66. The molecule has 0 radical (unpaired) electrons. The van der Waals surface area contributed by atoms with Crippen molar-refractivity contribution in [1.82, 2.24) is 4.90 Å². The summed E-state index contributed by atoms with van der Waals surface area (Å²) in [6, 6.07) is 0.344. The fraction of sp³-hybridized carbons (Fsp3) is 0.846. The number of likely N-dealkylation sites (tertiary alicyclic amines) is 1. The predicted octanol–water partition coefficient (Wildman–Crippen LogP) is 1.57. The van der Waals surface area contributed by atoms with Crippen LogP contribution in [0.25, 0.3) is 0 Å². The zero-order valence-electron chi connectivity index (χ0n) is 10.2. The molecule has 0 aromatic heterocycles. The number of hydrogen-bond acceptors (Lipinski definition) is 3. The molecule has 1 saturated heterocycles. The van der Waals surface area contributed by atoms with Gasteiger partial charge < -0.3 is 9.84 Å². The van der Waals surface area contributed by atoms with E-state index in [9.17, 15) is 5.11 Å². The largest absolute Gasteiger partial charge is 0.392 e. The number of ether oxygens (including phenoxy) is 1. The number of aliphatic hydroxyl groups excluding tert-OH is 1. The van der Waals surface area contributed by atoms with E-state index in [1.807, 2.05) is 6.92 Å². The number of aliphatic hydroxyl groups is 1. The van der Waals surface area contributed by atoms with Gasteiger partial charge in [-0.2, -0.15) is 0 Å². The fourth-order valence-electron chi connectivity index (χ4n) is 2.74. The first-order valence-electron chi connectivity index (χ1n) is 6.45. The highest BCUT2D eigenvalue weighted by Gasteiger charge is 2.26. The van der Waals surface area contributed by atoms with Gasteiger partial charge in [0.1, 0.15) is 0 Å². The number of rotatable bonds is 3. The second-order valence-corrected chi connectivity index (χ2v) is 4.98. The Morgan fingerprint density at radius 3 is 3.12 bits per heavy atom. The van der Waals surface area contributed by atoms with Crippen LogP contribution in [-0.2, 0) is 4.74 Å². The van der Waals surface area contributed by atoms with Gasteiger partial charge in [0.25, 0.3) is 0 Å². The van der Waals surface area contributed by atoms with Crippen molar-refractivity contribution in [3.63, 3.8) is 0 Å². The van der Waals surface area contributed by atoms with Gasteiger partial charge in [-0.3, -0.25) is 4.90 Å². The molecule has 16 heavy (non-hydrogen) atoms. The third kappa shape index (κ3) is 3.06. The molecule has 3 nitrogen and oxygen atoms in total. The summed E-state index contributed by atoms with van der Waals surface area (Å²) in [6.07, 6.45) is 6.77. The molecule has 2 rings (SSSR count). The van der Waals surface area contributed by atoms with Crippen molar-refractivity contribution in [1.29, 1.82) is 0 Å². The number of piperidine rings is 1. The molecule has 3 heteroatoms. The van der Waals surface area contributed by atoms with E-state index in [1.165, 1.54) is 18.4 Å². The average Bonchev–Trinajstić information content (AvgIpc) is 2.31. The molecule has 0 aliphatic carbocycles. The Kier molecular flexibility index (Phi) is 4.38. The molecule has 2 atom stereocenters. The Morgan fingerprint density at radius 1 is 1.56 bits per heavy atom. The number of hydrogen-bond donors (Lipinski definition) is 1. The Balaban J connectivity index is 1.92. The Hall–Kier alpha value is -0.380. The molecule has 1 fully saturated rings. The van der Waals surface area contributed by atoms with Gasteiger partial charge in [0, 0.05) is 12.6 Å². The number of nitrogens with zero attached hydrogens (tertiary/aromatic N) is 1. The van der Waals surface area contributed by atoms with Crippen LogP contribution in [0.2, 0.25) is 0 Å². The molecule has 92 valence electrons. The zero-order chi connectivity index (χ0) is 11.4. The average molecular weight is 225 g/mol. The highest BCUT2D eigenvalue weighted by Crippen LogP contribution is 2.21. The van der Waals surface area contributed by atoms with Gasteiger partial charge in [-0.05, 0) is 38.3 Å². The monoisotopic (exact) mass is 225 g/mol. The van der Waals surface area contributed by atoms with E-state index < -0.39 is 0 Å². The Bertz CT molecular complexity index is 250. The Labute approximate surface area is 98.1 Å². The van der Waals surface area contributed by atoms with Gasteiger partial charge >= 0.3 is 0 Å². The van der Waals surface area contributed by atoms with E-state index in [2.05, 4.69) is 11.0 Å². The van der Waals surface area contributed by atoms with Crippen LogP contribution in [0.5, 0.6) is 0 Å². The van der Waals surface area contributed by atoms with Crippen molar-refractivity contribution >= 4 is 0 Å². The topological polar surface area (TPSA) is 32.7 Å². The van der Waals surface area contributed by atoms with Crippen LogP contribution in [-0.4, -0.2) is 48.5 Å². The molecule has 1 N–H and O–H groups in total. The van der Waals surface area contributed by atoms with Gasteiger partial charge in [0.2, 0.25) is 0 Å². The van der Waals surface area contributed by atoms with E-state index in [1.54, 1.807) is 0 Å². The highest BCUT2D eigenvalue weighted by molar-refractivity contribution is 5.08. The molecule has 0 spiro atoms. The lowest BCUT2D eigenvalue weighted by Crippen LogP contribution is -2.46. The van der Waals surface area contributed by atoms with Crippen LogP contribution in [0.15, 0.2) is 11.6 Å². The van der Waals surface area contributed by atoms with Gasteiger partial charge in [-0.15, -0.1) is 0 Å². The van der Waals surface area contributed by atoms with Crippen LogP contribution in [0.1, 0.15) is 32.6 Å². The van der Waals surface area contributed by atoms with Crippen LogP contribution in [0.3, 0.4) is 0 Å². The fourth-order valence-corrected chi connectivity index (χ4v) is 2.74. The van der Waals surface area contributed by atoms with Crippen molar-refractivity contribution in [2.24, 2.45) is 0 Å². The molecule has 2 aliphatic rings. The molecule has 0 aromatic carbocycles. The van der Waals surface area contributed by atoms with Crippen LogP contribution in [0.4, 0.5) is 0 Å². The van der Waals surface area contributed by atoms with Crippen molar-refractivity contribution in [3.05, 3.63) is 11.6 Å². The molecular formula is C13H23NO2. The zero-order valence-corrected chi connectivity index (χ0v) is 10.2. The minimum absolute atomic E-state index is 0.217. The summed E-state index contributed by atoms with van der Waals surface area (Å²) < 4.78 is 5.46. The first kappa shape index (κ1) is 12.1. The van der Waals surface area contributed by atoms with Crippen molar-refractivity contribution in [3.8, 4) is 0 Å². The maximum absolute atomic E-state index is 9.78. The first-order valence-corrected chi connectivity index (χ1v) is 6.45. The third-order valence-electron chi connectivity index (χ3n) is 3.61. The minimum Gasteiger partial charge on any atom is -0.392 e. The maximum Gasteiger partial charge on any atom is 0.0689 e. The highest BCUT2D eigenvalue weighted by atomic mass is 16.5. The van der Waals surface area contributed by atoms with Crippen molar-refractivity contribution in [2.75, 3.05) is 26.3 Å². The van der Waals surface area contributed by atoms with Crippen LogP contribution < -0.4 is 0 Å². The van der Waals surface area contributed by atoms with E-state index in [0.717, 1.165) is 39.1 Å². The lowest BCUT2D eigenvalue weighted by Gasteiger charge is -2.38. The molecule has 0 amide bonds. The molecule has 2 aliphatic heterocycles.